The number of fused-ring (bicyclic) bond motifs is 1. The van der Waals surface area contributed by atoms with E-state index in [0.29, 0.717) is 27.1 Å². The molecule has 2 amide bonds. The third-order valence-corrected chi connectivity index (χ3v) is 8.53. The van der Waals surface area contributed by atoms with Gasteiger partial charge in [-0.05, 0) is 49.6 Å². The summed E-state index contributed by atoms with van der Waals surface area (Å²) in [5, 5.41) is 3.83. The van der Waals surface area contributed by atoms with Crippen molar-refractivity contribution in [2.45, 2.75) is 57.7 Å². The van der Waals surface area contributed by atoms with Crippen LogP contribution in [0.2, 0.25) is 10.0 Å². The van der Waals surface area contributed by atoms with Gasteiger partial charge < -0.3 is 19.7 Å². The minimum Gasteiger partial charge on any atom is -0.454 e. The number of anilines is 1. The third kappa shape index (κ3) is 6.84. The van der Waals surface area contributed by atoms with E-state index < -0.39 is 28.5 Å². The first-order chi connectivity index (χ1) is 18.0. The molecular formula is C26H31Cl2N3O6S. The van der Waals surface area contributed by atoms with E-state index in [1.54, 1.807) is 37.3 Å². The molecule has 0 aromatic heterocycles. The van der Waals surface area contributed by atoms with Crippen molar-refractivity contribution >= 4 is 50.7 Å². The highest BCUT2D eigenvalue weighted by Gasteiger charge is 2.32. The first-order valence-corrected chi connectivity index (χ1v) is 15.0. The molecule has 0 saturated heterocycles. The van der Waals surface area contributed by atoms with Gasteiger partial charge in [-0.15, -0.1) is 0 Å². The molecule has 4 rings (SSSR count). The van der Waals surface area contributed by atoms with Gasteiger partial charge in [-0.25, -0.2) is 8.42 Å². The lowest BCUT2D eigenvalue weighted by Gasteiger charge is -2.33. The zero-order valence-corrected chi connectivity index (χ0v) is 23.6. The van der Waals surface area contributed by atoms with Crippen molar-refractivity contribution < 1.29 is 27.5 Å². The van der Waals surface area contributed by atoms with Crippen LogP contribution in [0.4, 0.5) is 5.69 Å². The predicted molar refractivity (Wildman–Crippen MR) is 146 cm³/mol. The van der Waals surface area contributed by atoms with Crippen LogP contribution >= 0.6 is 23.2 Å². The molecule has 1 aliphatic heterocycles. The van der Waals surface area contributed by atoms with Crippen LogP contribution in [-0.4, -0.2) is 56.8 Å². The number of rotatable bonds is 9. The molecule has 1 fully saturated rings. The molecule has 206 valence electrons. The second kappa shape index (κ2) is 12.0. The summed E-state index contributed by atoms with van der Waals surface area (Å²) in [6.07, 6.45) is 6.03. The lowest BCUT2D eigenvalue weighted by molar-refractivity contribution is -0.139. The van der Waals surface area contributed by atoms with Gasteiger partial charge in [0.1, 0.15) is 12.6 Å². The topological polar surface area (TPSA) is 105 Å². The average molecular weight is 585 g/mol. The molecule has 0 radical (unpaired) electrons. The molecule has 2 aliphatic rings. The van der Waals surface area contributed by atoms with E-state index >= 15 is 0 Å². The predicted octanol–water partition coefficient (Wildman–Crippen LogP) is 4.35. The molecule has 38 heavy (non-hydrogen) atoms. The Kier molecular flexibility index (Phi) is 8.95. The van der Waals surface area contributed by atoms with Crippen molar-refractivity contribution in [3.05, 3.63) is 52.0 Å². The van der Waals surface area contributed by atoms with Gasteiger partial charge >= 0.3 is 0 Å². The van der Waals surface area contributed by atoms with Gasteiger partial charge in [0.25, 0.3) is 0 Å². The zero-order valence-electron chi connectivity index (χ0n) is 21.3. The Bertz CT molecular complexity index is 1300. The number of carbonyl (C=O) groups excluding carboxylic acids is 2. The van der Waals surface area contributed by atoms with E-state index in [1.165, 1.54) is 11.0 Å². The summed E-state index contributed by atoms with van der Waals surface area (Å²) in [4.78, 5) is 28.3. The highest BCUT2D eigenvalue weighted by atomic mass is 35.5. The van der Waals surface area contributed by atoms with Gasteiger partial charge in [0.2, 0.25) is 28.6 Å². The van der Waals surface area contributed by atoms with E-state index in [0.717, 1.165) is 42.7 Å². The Labute approximate surface area is 233 Å². The van der Waals surface area contributed by atoms with E-state index in [9.17, 15) is 18.0 Å². The summed E-state index contributed by atoms with van der Waals surface area (Å²) >= 11 is 12.4. The maximum atomic E-state index is 13.7. The summed E-state index contributed by atoms with van der Waals surface area (Å²) in [5.41, 5.74) is 0.824. The van der Waals surface area contributed by atoms with Gasteiger partial charge in [0.05, 0.1) is 11.9 Å². The van der Waals surface area contributed by atoms with Gasteiger partial charge in [-0.1, -0.05) is 48.5 Å². The minimum atomic E-state index is -3.87. The van der Waals surface area contributed by atoms with Gasteiger partial charge in [-0.3, -0.25) is 13.9 Å². The van der Waals surface area contributed by atoms with Gasteiger partial charge in [-0.2, -0.15) is 0 Å². The largest absolute Gasteiger partial charge is 0.454 e. The minimum absolute atomic E-state index is 0.00711. The van der Waals surface area contributed by atoms with Crippen LogP contribution in [0.5, 0.6) is 11.5 Å². The summed E-state index contributed by atoms with van der Waals surface area (Å²) in [6.45, 7) is 1.13. The summed E-state index contributed by atoms with van der Waals surface area (Å²) in [6, 6.07) is 8.70. The SMILES string of the molecule is C[C@H](C(=O)NC1CCCCC1)N(Cc1ccc(Cl)cc1Cl)C(=O)CN(c1ccc2c(c1)OCO2)S(C)(=O)=O. The van der Waals surface area contributed by atoms with Crippen molar-refractivity contribution in [2.24, 2.45) is 0 Å². The number of benzene rings is 2. The molecule has 1 N–H and O–H groups in total. The maximum Gasteiger partial charge on any atom is 0.244 e. The van der Waals surface area contributed by atoms with Crippen LogP contribution in [0.25, 0.3) is 0 Å². The Morgan fingerprint density at radius 1 is 1.05 bits per heavy atom. The summed E-state index contributed by atoms with van der Waals surface area (Å²) in [7, 11) is -3.87. The monoisotopic (exact) mass is 583 g/mol. The highest BCUT2D eigenvalue weighted by Crippen LogP contribution is 2.36. The molecule has 12 heteroatoms. The Morgan fingerprint density at radius 3 is 2.45 bits per heavy atom. The van der Waals surface area contributed by atoms with Crippen molar-refractivity contribution in [3.63, 3.8) is 0 Å². The number of hydrogen-bond acceptors (Lipinski definition) is 6. The number of nitrogens with zero attached hydrogens (tertiary/aromatic N) is 2. The molecule has 1 aliphatic carbocycles. The van der Waals surface area contributed by atoms with Crippen molar-refractivity contribution in [1.82, 2.24) is 10.2 Å². The molecular weight excluding hydrogens is 553 g/mol. The zero-order chi connectivity index (χ0) is 27.4. The van der Waals surface area contributed by atoms with Crippen molar-refractivity contribution in [1.29, 1.82) is 0 Å². The molecule has 2 aromatic carbocycles. The molecule has 2 aromatic rings. The first-order valence-electron chi connectivity index (χ1n) is 12.4. The second-order valence-corrected chi connectivity index (χ2v) is 12.3. The van der Waals surface area contributed by atoms with Crippen LogP contribution in [0, 0.1) is 0 Å². The smallest absolute Gasteiger partial charge is 0.244 e. The Balaban J connectivity index is 1.61. The standard InChI is InChI=1S/C26H31Cl2N3O6S/c1-17(26(33)29-20-6-4-3-5-7-20)30(14-18-8-9-19(27)12-22(18)28)25(32)15-31(38(2,34)35)21-10-11-23-24(13-21)37-16-36-23/h8-13,17,20H,3-7,14-16H2,1-2H3,(H,29,33)/t17-/m1/s1. The number of sulfonamides is 1. The fourth-order valence-corrected chi connectivity index (χ4v) is 5.95. The van der Waals surface area contributed by atoms with E-state index in [1.807, 2.05) is 0 Å². The first kappa shape index (κ1) is 28.3. The number of amides is 2. The Morgan fingerprint density at radius 2 is 1.76 bits per heavy atom. The van der Waals surface area contributed by atoms with Gasteiger partial charge in [0.15, 0.2) is 11.5 Å². The molecule has 0 spiro atoms. The van der Waals surface area contributed by atoms with Crippen LogP contribution < -0.4 is 19.1 Å². The number of carbonyl (C=O) groups is 2. The van der Waals surface area contributed by atoms with Crippen molar-refractivity contribution in [2.75, 3.05) is 23.9 Å². The number of hydrogen-bond donors (Lipinski definition) is 1. The number of nitrogens with one attached hydrogen (secondary N) is 1. The molecule has 1 atom stereocenters. The highest BCUT2D eigenvalue weighted by molar-refractivity contribution is 7.92. The molecule has 0 unspecified atom stereocenters. The van der Waals surface area contributed by atoms with Crippen LogP contribution in [0.3, 0.4) is 0 Å². The van der Waals surface area contributed by atoms with Crippen LogP contribution in [0.15, 0.2) is 36.4 Å². The number of ether oxygens (including phenoxy) is 2. The number of halogens is 2. The maximum absolute atomic E-state index is 13.7. The Hall–Kier alpha value is -2.69. The van der Waals surface area contributed by atoms with E-state index in [-0.39, 0.29) is 31.0 Å². The van der Waals surface area contributed by atoms with E-state index in [2.05, 4.69) is 5.32 Å². The molecule has 0 bridgehead atoms. The fraction of sp³-hybridized carbons (Fsp3) is 0.462. The van der Waals surface area contributed by atoms with Crippen molar-refractivity contribution in [3.8, 4) is 11.5 Å². The average Bonchev–Trinajstić information content (AvgIpc) is 3.34. The summed E-state index contributed by atoms with van der Waals surface area (Å²) in [5.74, 6) is 0.00360. The van der Waals surface area contributed by atoms with Crippen LogP contribution in [0.1, 0.15) is 44.6 Å². The lowest BCUT2D eigenvalue weighted by atomic mass is 9.95. The van der Waals surface area contributed by atoms with Crippen LogP contribution in [-0.2, 0) is 26.2 Å². The lowest BCUT2D eigenvalue weighted by Crippen LogP contribution is -2.53. The van der Waals surface area contributed by atoms with Gasteiger partial charge in [0, 0.05) is 28.7 Å². The summed E-state index contributed by atoms with van der Waals surface area (Å²) < 4.78 is 37.2. The third-order valence-electron chi connectivity index (χ3n) is 6.80. The molecule has 9 nitrogen and oxygen atoms in total. The van der Waals surface area contributed by atoms with E-state index in [4.69, 9.17) is 32.7 Å². The normalized spacial score (nSPS) is 16.1. The fourth-order valence-electron chi connectivity index (χ4n) is 4.64. The second-order valence-electron chi connectivity index (χ2n) is 9.58. The molecule has 1 saturated carbocycles. The molecule has 1 heterocycles. The quantitative estimate of drug-likeness (QED) is 0.470.